The normalized spacial score (nSPS) is 13.1. The molecule has 0 saturated carbocycles. The Balaban J connectivity index is 0.00000242. The van der Waals surface area contributed by atoms with Gasteiger partial charge in [-0.2, -0.15) is 4.99 Å². The molecular weight excluding hydrogens is 424 g/mol. The van der Waals surface area contributed by atoms with Crippen LogP contribution in [0, 0.1) is 6.92 Å². The predicted octanol–water partition coefficient (Wildman–Crippen LogP) is 4.48. The van der Waals surface area contributed by atoms with Crippen molar-refractivity contribution in [1.82, 2.24) is 10.2 Å². The largest absolute Gasteiger partial charge is 0.404 e. The van der Waals surface area contributed by atoms with Gasteiger partial charge in [-0.25, -0.2) is 4.79 Å². The van der Waals surface area contributed by atoms with Crippen molar-refractivity contribution in [3.63, 3.8) is 0 Å². The highest BCUT2D eigenvalue weighted by Crippen LogP contribution is 2.22. The van der Waals surface area contributed by atoms with Crippen LogP contribution in [-0.4, -0.2) is 42.0 Å². The summed E-state index contributed by atoms with van der Waals surface area (Å²) in [6, 6.07) is 1.29. The standard InChI is InChI=1S/C20H28N4O5.2C2H6/c1-4-5-6-7-16-12-18(27)28-19(14(16)2)22-20(21-13-25)29-23-17-8-10-24(11-9-17)15(3)26;2*1-2/h12-13H,4-11H2,1-3H3,(H,21,22,25);2*1-2H3. The number of aryl methyl sites for hydroxylation is 1. The molecule has 0 aliphatic carbocycles. The third-order valence-electron chi connectivity index (χ3n) is 4.77. The monoisotopic (exact) mass is 464 g/mol. The number of likely N-dealkylation sites (tertiary alicyclic amines) is 1. The van der Waals surface area contributed by atoms with Crippen molar-refractivity contribution < 1.29 is 18.8 Å². The molecule has 0 aromatic carbocycles. The Kier molecular flexibility index (Phi) is 16.0. The highest BCUT2D eigenvalue weighted by Gasteiger charge is 2.18. The first-order chi connectivity index (χ1) is 15.9. The summed E-state index contributed by atoms with van der Waals surface area (Å²) < 4.78 is 5.19. The molecule has 0 bridgehead atoms. The number of nitrogens with one attached hydrogen (secondary N) is 1. The van der Waals surface area contributed by atoms with Gasteiger partial charge in [0.05, 0.1) is 5.71 Å². The molecule has 0 radical (unpaired) electrons. The van der Waals surface area contributed by atoms with Crippen molar-refractivity contribution in [3.8, 4) is 0 Å². The van der Waals surface area contributed by atoms with E-state index in [0.29, 0.717) is 32.3 Å². The van der Waals surface area contributed by atoms with E-state index in [0.717, 1.165) is 42.5 Å². The SMILES string of the molecule is CC.CC.CCCCCc1cc(=O)oc(/N=C(\NC=O)ON=C2CCN(C(C)=O)CC2)c1C. The lowest BCUT2D eigenvalue weighted by Gasteiger charge is -2.26. The van der Waals surface area contributed by atoms with Crippen molar-refractivity contribution in [2.45, 2.75) is 87.0 Å². The van der Waals surface area contributed by atoms with Crippen LogP contribution in [-0.2, 0) is 20.8 Å². The van der Waals surface area contributed by atoms with Crippen molar-refractivity contribution in [2.75, 3.05) is 13.1 Å². The minimum atomic E-state index is -0.505. The van der Waals surface area contributed by atoms with Crippen LogP contribution in [0.3, 0.4) is 0 Å². The Bertz CT molecular complexity index is 836. The number of hydrogen-bond acceptors (Lipinski definition) is 7. The van der Waals surface area contributed by atoms with Gasteiger partial charge in [-0.1, -0.05) is 52.6 Å². The number of amides is 2. The first kappa shape index (κ1) is 30.0. The molecule has 1 N–H and O–H groups in total. The highest BCUT2D eigenvalue weighted by atomic mass is 16.6. The van der Waals surface area contributed by atoms with E-state index < -0.39 is 5.63 Å². The van der Waals surface area contributed by atoms with Gasteiger partial charge in [0.2, 0.25) is 18.2 Å². The summed E-state index contributed by atoms with van der Waals surface area (Å²) in [4.78, 5) is 45.4. The number of rotatable bonds is 7. The second-order valence-corrected chi connectivity index (χ2v) is 6.91. The van der Waals surface area contributed by atoms with E-state index in [2.05, 4.69) is 22.4 Å². The maximum absolute atomic E-state index is 11.9. The van der Waals surface area contributed by atoms with E-state index in [1.165, 1.54) is 13.0 Å². The van der Waals surface area contributed by atoms with E-state index in [1.807, 2.05) is 34.6 Å². The van der Waals surface area contributed by atoms with E-state index in [9.17, 15) is 14.4 Å². The van der Waals surface area contributed by atoms with Crippen LogP contribution >= 0.6 is 0 Å². The fourth-order valence-electron chi connectivity index (χ4n) is 3.02. The van der Waals surface area contributed by atoms with Crippen LogP contribution in [0.5, 0.6) is 0 Å². The third-order valence-corrected chi connectivity index (χ3v) is 4.77. The van der Waals surface area contributed by atoms with Gasteiger partial charge in [-0.15, -0.1) is 0 Å². The van der Waals surface area contributed by atoms with Gasteiger partial charge in [-0.05, 0) is 25.3 Å². The average molecular weight is 465 g/mol. The fraction of sp³-hybridized carbons (Fsp3) is 0.625. The lowest BCUT2D eigenvalue weighted by atomic mass is 10.0. The summed E-state index contributed by atoms with van der Waals surface area (Å²) in [7, 11) is 0. The van der Waals surface area contributed by atoms with Gasteiger partial charge in [0.25, 0.3) is 0 Å². The van der Waals surface area contributed by atoms with Crippen LogP contribution in [0.2, 0.25) is 0 Å². The average Bonchev–Trinajstić information content (AvgIpc) is 2.83. The molecule has 2 rings (SSSR count). The number of piperidine rings is 1. The molecule has 186 valence electrons. The molecule has 9 heteroatoms. The quantitative estimate of drug-likeness (QED) is 0.210. The maximum atomic E-state index is 11.9. The number of carbonyl (C=O) groups is 2. The summed E-state index contributed by atoms with van der Waals surface area (Å²) in [5.41, 5.74) is 1.84. The van der Waals surface area contributed by atoms with Crippen LogP contribution in [0.4, 0.5) is 5.88 Å². The van der Waals surface area contributed by atoms with Crippen LogP contribution < -0.4 is 10.9 Å². The molecule has 9 nitrogen and oxygen atoms in total. The molecule has 2 heterocycles. The molecular formula is C24H40N4O5. The first-order valence-corrected chi connectivity index (χ1v) is 11.8. The second kappa shape index (κ2) is 17.6. The van der Waals surface area contributed by atoms with Crippen molar-refractivity contribution in [2.24, 2.45) is 10.1 Å². The smallest absolute Gasteiger partial charge is 0.337 e. The Labute approximate surface area is 197 Å². The summed E-state index contributed by atoms with van der Waals surface area (Å²) >= 11 is 0. The van der Waals surface area contributed by atoms with Crippen LogP contribution in [0.1, 0.15) is 84.8 Å². The predicted molar refractivity (Wildman–Crippen MR) is 132 cm³/mol. The molecule has 1 fully saturated rings. The molecule has 1 saturated heterocycles. The van der Waals surface area contributed by atoms with E-state index in [-0.39, 0.29) is 17.8 Å². The van der Waals surface area contributed by atoms with E-state index in [1.54, 1.807) is 4.90 Å². The summed E-state index contributed by atoms with van der Waals surface area (Å²) in [6.07, 6.45) is 5.43. The Morgan fingerprint density at radius 3 is 2.39 bits per heavy atom. The molecule has 0 unspecified atom stereocenters. The highest BCUT2D eigenvalue weighted by molar-refractivity contribution is 5.89. The second-order valence-electron chi connectivity index (χ2n) is 6.91. The number of hydrogen-bond donors (Lipinski definition) is 1. The lowest BCUT2D eigenvalue weighted by molar-refractivity contribution is -0.129. The van der Waals surface area contributed by atoms with Gasteiger partial charge in [0, 0.05) is 44.5 Å². The Morgan fingerprint density at radius 1 is 1.21 bits per heavy atom. The zero-order chi connectivity index (χ0) is 25.2. The number of oxime groups is 1. The summed E-state index contributed by atoms with van der Waals surface area (Å²) in [5.74, 6) is 0.110. The fourth-order valence-corrected chi connectivity index (χ4v) is 3.02. The minimum Gasteiger partial charge on any atom is -0.404 e. The Morgan fingerprint density at radius 2 is 1.85 bits per heavy atom. The van der Waals surface area contributed by atoms with Gasteiger partial charge in [0.1, 0.15) is 0 Å². The third kappa shape index (κ3) is 10.9. The molecule has 0 atom stereocenters. The van der Waals surface area contributed by atoms with Gasteiger partial charge in [0.15, 0.2) is 0 Å². The number of unbranched alkanes of at least 4 members (excludes halogenated alkanes) is 2. The van der Waals surface area contributed by atoms with Gasteiger partial charge < -0.3 is 14.2 Å². The molecule has 2 amide bonds. The maximum Gasteiger partial charge on any atom is 0.337 e. The van der Waals surface area contributed by atoms with Crippen molar-refractivity contribution in [1.29, 1.82) is 0 Å². The van der Waals surface area contributed by atoms with Crippen LogP contribution in [0.25, 0.3) is 0 Å². The minimum absolute atomic E-state index is 0.0270. The summed E-state index contributed by atoms with van der Waals surface area (Å²) in [5, 5.41) is 6.36. The molecule has 1 aliphatic rings. The van der Waals surface area contributed by atoms with E-state index >= 15 is 0 Å². The van der Waals surface area contributed by atoms with E-state index in [4.69, 9.17) is 9.25 Å². The first-order valence-electron chi connectivity index (χ1n) is 11.8. The molecule has 0 spiro atoms. The molecule has 1 aromatic heterocycles. The van der Waals surface area contributed by atoms with Crippen molar-refractivity contribution in [3.05, 3.63) is 27.6 Å². The zero-order valence-electron chi connectivity index (χ0n) is 21.2. The lowest BCUT2D eigenvalue weighted by Crippen LogP contribution is -2.37. The topological polar surface area (TPSA) is 114 Å². The van der Waals surface area contributed by atoms with Gasteiger partial charge in [-0.3, -0.25) is 14.9 Å². The number of aliphatic imine (C=N–C) groups is 1. The van der Waals surface area contributed by atoms with Crippen LogP contribution in [0.15, 0.2) is 25.4 Å². The van der Waals surface area contributed by atoms with Crippen molar-refractivity contribution >= 4 is 29.9 Å². The van der Waals surface area contributed by atoms with Gasteiger partial charge >= 0.3 is 11.6 Å². The number of amidine groups is 1. The number of nitrogens with zero attached hydrogens (tertiary/aromatic N) is 3. The Hall–Kier alpha value is -2.97. The summed E-state index contributed by atoms with van der Waals surface area (Å²) in [6.45, 7) is 14.6. The zero-order valence-corrected chi connectivity index (χ0v) is 21.2. The molecule has 33 heavy (non-hydrogen) atoms. The molecule has 1 aromatic rings. The molecule has 1 aliphatic heterocycles. The number of carbonyl (C=O) groups excluding carboxylic acids is 2.